The van der Waals surface area contributed by atoms with Crippen molar-refractivity contribution in [3.8, 4) is 0 Å². The second kappa shape index (κ2) is 52.7. The van der Waals surface area contributed by atoms with Crippen molar-refractivity contribution in [1.29, 1.82) is 0 Å². The van der Waals surface area contributed by atoms with E-state index in [1.54, 1.807) is 11.9 Å². The van der Waals surface area contributed by atoms with Crippen LogP contribution in [0.5, 0.6) is 0 Å². The van der Waals surface area contributed by atoms with E-state index in [0.717, 1.165) is 116 Å². The number of rotatable bonds is 54. The Morgan fingerprint density at radius 2 is 0.584 bits per heavy atom. The van der Waals surface area contributed by atoms with E-state index >= 15 is 0 Å². The summed E-state index contributed by atoms with van der Waals surface area (Å²) >= 11 is 0. The van der Waals surface area contributed by atoms with Gasteiger partial charge in [0.15, 0.2) is 0 Å². The normalized spacial score (nSPS) is 11.2. The maximum absolute atomic E-state index is 13.8. The topological polar surface area (TPSA) is 185 Å². The van der Waals surface area contributed by atoms with Crippen LogP contribution in [0.15, 0.2) is 0 Å². The summed E-state index contributed by atoms with van der Waals surface area (Å²) in [4.78, 5) is 96.4. The van der Waals surface area contributed by atoms with E-state index in [4.69, 9.17) is 28.4 Å². The van der Waals surface area contributed by atoms with Gasteiger partial charge in [-0.3, -0.25) is 28.8 Å². The molecule has 0 bridgehead atoms. The molecule has 0 fully saturated rings. The summed E-state index contributed by atoms with van der Waals surface area (Å²) < 4.78 is 33.6. The van der Waals surface area contributed by atoms with Crippen LogP contribution in [-0.2, 0) is 57.2 Å². The Morgan fingerprint density at radius 1 is 0.312 bits per heavy atom. The van der Waals surface area contributed by atoms with Crippen LogP contribution >= 0.6 is 0 Å². The molecule has 0 aromatic rings. The van der Waals surface area contributed by atoms with Crippen LogP contribution in [-0.4, -0.2) is 144 Å². The van der Waals surface area contributed by atoms with Crippen molar-refractivity contribution in [3.05, 3.63) is 0 Å². The summed E-state index contributed by atoms with van der Waals surface area (Å²) in [6.07, 6.45) is 31.3. The minimum absolute atomic E-state index is 0.00230. The van der Waals surface area contributed by atoms with Gasteiger partial charge in [-0.25, -0.2) is 4.79 Å². The van der Waals surface area contributed by atoms with Gasteiger partial charge in [0, 0.05) is 51.1 Å². The fourth-order valence-electron chi connectivity index (χ4n) is 8.76. The number of hydrogen-bond donors (Lipinski definition) is 0. The van der Waals surface area contributed by atoms with Gasteiger partial charge >= 0.3 is 41.8 Å². The molecule has 450 valence electrons. The van der Waals surface area contributed by atoms with E-state index in [2.05, 4.69) is 27.7 Å². The first kappa shape index (κ1) is 73.0. The molecule has 0 rings (SSSR count). The lowest BCUT2D eigenvalue weighted by Gasteiger charge is -2.28. The van der Waals surface area contributed by atoms with Gasteiger partial charge in [0.2, 0.25) is 0 Å². The maximum Gasteiger partial charge on any atom is 0.319 e. The average molecular weight is 1100 g/mol. The fraction of sp³-hybridized carbons (Fsp3) is 0.885. The van der Waals surface area contributed by atoms with E-state index in [1.807, 2.05) is 19.0 Å². The smallest absolute Gasteiger partial charge is 0.319 e. The minimum atomic E-state index is -0.621. The van der Waals surface area contributed by atoms with E-state index in [1.165, 1.54) is 81.9 Å². The molecule has 0 heterocycles. The predicted molar refractivity (Wildman–Crippen MR) is 305 cm³/mol. The number of hydrogen-bond acceptors (Lipinski definition) is 14. The zero-order valence-corrected chi connectivity index (χ0v) is 50.1. The molecule has 0 atom stereocenters. The van der Waals surface area contributed by atoms with Crippen molar-refractivity contribution in [2.45, 2.75) is 252 Å². The van der Waals surface area contributed by atoms with Gasteiger partial charge in [-0.15, -0.1) is 0 Å². The lowest BCUT2D eigenvalue weighted by atomic mass is 10.1. The van der Waals surface area contributed by atoms with Gasteiger partial charge in [-0.1, -0.05) is 182 Å². The maximum atomic E-state index is 13.8. The third-order valence-corrected chi connectivity index (χ3v) is 13.7. The Kier molecular flexibility index (Phi) is 50.0. The van der Waals surface area contributed by atoms with Gasteiger partial charge in [0.25, 0.3) is 0 Å². The Hall–Kier alpha value is -3.95. The summed E-state index contributed by atoms with van der Waals surface area (Å²) in [5.41, 5.74) is 0. The number of ether oxygens (including phenoxy) is 6. The van der Waals surface area contributed by atoms with Crippen molar-refractivity contribution >= 4 is 41.8 Å². The largest absolute Gasteiger partial charge is 0.465 e. The predicted octanol–water partition coefficient (Wildman–Crippen LogP) is 13.1. The number of urea groups is 1. The molecule has 0 saturated heterocycles. The second-order valence-electron chi connectivity index (χ2n) is 21.6. The minimum Gasteiger partial charge on any atom is -0.465 e. The highest BCUT2D eigenvalue weighted by Crippen LogP contribution is 2.16. The molecule has 0 aromatic heterocycles. The van der Waals surface area contributed by atoms with E-state index in [9.17, 15) is 33.6 Å². The molecular weight excluding hydrogens is 983 g/mol. The van der Waals surface area contributed by atoms with E-state index in [-0.39, 0.29) is 121 Å². The van der Waals surface area contributed by atoms with E-state index in [0.29, 0.717) is 6.54 Å². The highest BCUT2D eigenvalue weighted by molar-refractivity contribution is 5.75. The summed E-state index contributed by atoms with van der Waals surface area (Å²) in [6.45, 7) is 9.19. The molecular formula is C61H113N3O13. The lowest BCUT2D eigenvalue weighted by molar-refractivity contribution is -0.155. The van der Waals surface area contributed by atoms with Gasteiger partial charge < -0.3 is 43.1 Å². The molecule has 0 saturated carbocycles. The quantitative estimate of drug-likeness (QED) is 0.0318. The molecule has 0 aliphatic heterocycles. The lowest BCUT2D eigenvalue weighted by Crippen LogP contribution is -2.45. The van der Waals surface area contributed by atoms with Crippen LogP contribution in [0.1, 0.15) is 252 Å². The van der Waals surface area contributed by atoms with Gasteiger partial charge in [0.1, 0.15) is 13.2 Å². The molecule has 0 spiro atoms. The zero-order chi connectivity index (χ0) is 57.0. The summed E-state index contributed by atoms with van der Waals surface area (Å²) in [5, 5.41) is 0. The first-order valence-electron chi connectivity index (χ1n) is 30.8. The Bertz CT molecular complexity index is 1340. The fourth-order valence-corrected chi connectivity index (χ4v) is 8.76. The van der Waals surface area contributed by atoms with Crippen molar-refractivity contribution in [2.75, 3.05) is 87.0 Å². The van der Waals surface area contributed by atoms with Crippen molar-refractivity contribution in [3.63, 3.8) is 0 Å². The van der Waals surface area contributed by atoms with E-state index < -0.39 is 23.8 Å². The molecule has 16 nitrogen and oxygen atoms in total. The first-order chi connectivity index (χ1) is 37.3. The summed E-state index contributed by atoms with van der Waals surface area (Å²) in [7, 11) is 5.60. The van der Waals surface area contributed by atoms with Gasteiger partial charge in [-0.05, 0) is 52.7 Å². The number of esters is 6. The van der Waals surface area contributed by atoms with Crippen LogP contribution in [0, 0.1) is 11.8 Å². The molecule has 0 aliphatic rings. The van der Waals surface area contributed by atoms with Crippen LogP contribution in [0.2, 0.25) is 0 Å². The molecule has 77 heavy (non-hydrogen) atoms. The molecule has 0 aromatic carbocycles. The highest BCUT2D eigenvalue weighted by atomic mass is 16.6. The number of carbonyl (C=O) groups is 7. The van der Waals surface area contributed by atoms with Crippen molar-refractivity contribution < 1.29 is 62.0 Å². The van der Waals surface area contributed by atoms with Crippen molar-refractivity contribution in [1.82, 2.24) is 14.7 Å². The molecule has 0 unspecified atom stereocenters. The van der Waals surface area contributed by atoms with Gasteiger partial charge in [-0.2, -0.15) is 0 Å². The Balaban J connectivity index is 5.69. The number of nitrogens with zero attached hydrogens (tertiary/aromatic N) is 3. The average Bonchev–Trinajstić information content (AvgIpc) is 3.40. The molecule has 0 radical (unpaired) electrons. The number of amides is 2. The highest BCUT2D eigenvalue weighted by Gasteiger charge is 2.24. The van der Waals surface area contributed by atoms with Crippen LogP contribution in [0.4, 0.5) is 4.79 Å². The summed E-state index contributed by atoms with van der Waals surface area (Å²) in [6, 6.07) is -0.340. The van der Waals surface area contributed by atoms with Crippen molar-refractivity contribution in [2.24, 2.45) is 11.8 Å². The molecule has 2 amide bonds. The van der Waals surface area contributed by atoms with Gasteiger partial charge in [0.05, 0.1) is 52.4 Å². The number of unbranched alkanes of at least 4 members (excludes halogenated alkanes) is 24. The monoisotopic (exact) mass is 1100 g/mol. The molecule has 0 aliphatic carbocycles. The second-order valence-corrected chi connectivity index (χ2v) is 21.6. The third-order valence-electron chi connectivity index (χ3n) is 13.7. The summed E-state index contributed by atoms with van der Waals surface area (Å²) in [5.74, 6) is -3.88. The number of carbonyl (C=O) groups excluding carboxylic acids is 7. The standard InChI is InChI=1S/C61H113N3O13/c1-8-12-16-20-24-28-32-37-55(65)74-49-53(50-75-56(66)38-33-29-25-21-17-13-9-2)47-59(69)72-45-43-64(61(71)63(7)42-36-41-62(5)6)44-46-73-60(70)48-54(51-76-57(67)39-34-30-26-22-18-14-10-3)52-77-58(68)40-35-31-27-23-19-15-11-4/h53-54H,8-52H2,1-7H3. The SMILES string of the molecule is CCCCCCCCCC(=O)OCC(COC(=O)CCCCCCCCC)CC(=O)OCCN(CCOC(=O)CC(COC(=O)CCCCCCCCC)COC(=O)CCCCCCCCC)C(=O)N(C)CCCN(C)C. The van der Waals surface area contributed by atoms with Crippen LogP contribution in [0.25, 0.3) is 0 Å². The first-order valence-corrected chi connectivity index (χ1v) is 30.8. The third kappa shape index (κ3) is 47.7. The van der Waals surface area contributed by atoms with Crippen LogP contribution in [0.3, 0.4) is 0 Å². The molecule has 16 heteroatoms. The van der Waals surface area contributed by atoms with Crippen LogP contribution < -0.4 is 0 Å². The molecule has 0 N–H and O–H groups in total. The zero-order valence-electron chi connectivity index (χ0n) is 50.1. The Morgan fingerprint density at radius 3 is 0.857 bits per heavy atom. The Labute approximate surface area is 468 Å².